The molecule has 1 aromatic heterocycles. The number of amidine groups is 1. The molecule has 0 spiro atoms. The Kier molecular flexibility index (Phi) is 6.84. The van der Waals surface area contributed by atoms with Gasteiger partial charge in [0.1, 0.15) is 28.8 Å². The molecule has 0 aliphatic carbocycles. The lowest BCUT2D eigenvalue weighted by Gasteiger charge is -2.32. The predicted molar refractivity (Wildman–Crippen MR) is 143 cm³/mol. The largest absolute Gasteiger partial charge is 0.497 e. The van der Waals surface area contributed by atoms with E-state index >= 15 is 0 Å². The lowest BCUT2D eigenvalue weighted by Crippen LogP contribution is -2.42. The van der Waals surface area contributed by atoms with Crippen LogP contribution in [0.5, 0.6) is 5.75 Å². The molecule has 2 unspecified atom stereocenters. The van der Waals surface area contributed by atoms with Crippen LogP contribution in [0.4, 0.5) is 5.69 Å². The van der Waals surface area contributed by atoms with Gasteiger partial charge in [0.05, 0.1) is 35.7 Å². The number of ketones is 1. The Labute approximate surface area is 223 Å². The summed E-state index contributed by atoms with van der Waals surface area (Å²) in [6.45, 7) is 3.66. The molecule has 2 aliphatic rings. The maximum atomic E-state index is 13.8. The second-order valence-electron chi connectivity index (χ2n) is 8.98. The molecule has 3 heterocycles. The van der Waals surface area contributed by atoms with Crippen molar-refractivity contribution in [3.05, 3.63) is 99.1 Å². The van der Waals surface area contributed by atoms with Gasteiger partial charge < -0.3 is 19.2 Å². The highest BCUT2D eigenvalue weighted by molar-refractivity contribution is 6.21. The first-order valence-electron chi connectivity index (χ1n) is 12.3. The van der Waals surface area contributed by atoms with Crippen LogP contribution in [-0.4, -0.2) is 36.2 Å². The number of allylic oxidation sites excluding steroid dienone is 2. The number of furan rings is 1. The number of rotatable bonds is 7. The predicted octanol–water partition coefficient (Wildman–Crippen LogP) is 5.03. The molecule has 2 atom stereocenters. The Balaban J connectivity index is 1.52. The summed E-state index contributed by atoms with van der Waals surface area (Å²) in [6, 6.07) is 16.7. The van der Waals surface area contributed by atoms with E-state index in [0.717, 1.165) is 5.56 Å². The van der Waals surface area contributed by atoms with Gasteiger partial charge in [-0.3, -0.25) is 14.9 Å². The third-order valence-corrected chi connectivity index (χ3v) is 6.68. The van der Waals surface area contributed by atoms with Gasteiger partial charge in [-0.2, -0.15) is 0 Å². The van der Waals surface area contributed by atoms with Gasteiger partial charge in [-0.25, -0.2) is 9.79 Å². The fourth-order valence-corrected chi connectivity index (χ4v) is 4.93. The van der Waals surface area contributed by atoms with Crippen LogP contribution in [0.3, 0.4) is 0 Å². The van der Waals surface area contributed by atoms with Crippen molar-refractivity contribution < 1.29 is 28.4 Å². The lowest BCUT2D eigenvalue weighted by molar-refractivity contribution is -0.384. The molecule has 3 aromatic rings. The van der Waals surface area contributed by atoms with Crippen LogP contribution in [0.1, 0.15) is 31.1 Å². The van der Waals surface area contributed by atoms with E-state index in [0.29, 0.717) is 39.9 Å². The molecule has 0 saturated carbocycles. The standard InChI is InChI=1S/C29H25N3O7/c1-4-38-29(34)24-16(2)30-28-26(25(24)17-9-11-18(37-3)12-10-17)27(33)21(31-28)15-19-13-14-23(39-19)20-7-5-6-8-22(20)32(35)36/h5-15,25-26H,4H2,1-3H3,(H,30,31)/b21-15-. The molecule has 10 heteroatoms. The topological polar surface area (TPSA) is 133 Å². The van der Waals surface area contributed by atoms with Crippen LogP contribution in [0.15, 0.2) is 87.0 Å². The highest BCUT2D eigenvalue weighted by Gasteiger charge is 2.47. The van der Waals surface area contributed by atoms with Crippen molar-refractivity contribution in [2.75, 3.05) is 13.7 Å². The van der Waals surface area contributed by atoms with Crippen molar-refractivity contribution in [1.82, 2.24) is 5.32 Å². The molecule has 0 saturated heterocycles. The highest BCUT2D eigenvalue weighted by atomic mass is 16.6. The number of para-hydroxylation sites is 1. The number of ether oxygens (including phenoxy) is 2. The molecule has 5 rings (SSSR count). The van der Waals surface area contributed by atoms with Crippen molar-refractivity contribution in [2.45, 2.75) is 19.8 Å². The molecule has 0 amide bonds. The molecule has 10 nitrogen and oxygen atoms in total. The first-order valence-corrected chi connectivity index (χ1v) is 12.3. The summed E-state index contributed by atoms with van der Waals surface area (Å²) in [5.41, 5.74) is 2.03. The summed E-state index contributed by atoms with van der Waals surface area (Å²) in [7, 11) is 1.56. The number of nitrogens with zero attached hydrogens (tertiary/aromatic N) is 2. The van der Waals surface area contributed by atoms with Gasteiger partial charge >= 0.3 is 5.97 Å². The maximum Gasteiger partial charge on any atom is 0.336 e. The summed E-state index contributed by atoms with van der Waals surface area (Å²) in [5, 5.41) is 14.6. The van der Waals surface area contributed by atoms with E-state index < -0.39 is 22.7 Å². The number of nitrogens with one attached hydrogen (secondary N) is 1. The zero-order valence-electron chi connectivity index (χ0n) is 21.5. The van der Waals surface area contributed by atoms with E-state index in [4.69, 9.17) is 13.9 Å². The Morgan fingerprint density at radius 2 is 1.87 bits per heavy atom. The zero-order valence-corrected chi connectivity index (χ0v) is 21.5. The minimum absolute atomic E-state index is 0.0890. The first kappa shape index (κ1) is 25.7. The maximum absolute atomic E-state index is 13.8. The Morgan fingerprint density at radius 3 is 2.56 bits per heavy atom. The van der Waals surface area contributed by atoms with Gasteiger partial charge in [0.25, 0.3) is 5.69 Å². The summed E-state index contributed by atoms with van der Waals surface area (Å²) >= 11 is 0. The second kappa shape index (κ2) is 10.4. The second-order valence-corrected chi connectivity index (χ2v) is 8.98. The zero-order chi connectivity index (χ0) is 27.7. The number of aliphatic imine (C=N–C) groups is 1. The monoisotopic (exact) mass is 527 g/mol. The highest BCUT2D eigenvalue weighted by Crippen LogP contribution is 2.43. The minimum Gasteiger partial charge on any atom is -0.497 e. The molecular weight excluding hydrogens is 502 g/mol. The number of benzene rings is 2. The Bertz CT molecular complexity index is 1560. The van der Waals surface area contributed by atoms with Crippen molar-refractivity contribution in [2.24, 2.45) is 10.9 Å². The van der Waals surface area contributed by atoms with E-state index in [9.17, 15) is 19.7 Å². The molecule has 39 heavy (non-hydrogen) atoms. The molecule has 2 aliphatic heterocycles. The summed E-state index contributed by atoms with van der Waals surface area (Å²) in [4.78, 5) is 42.3. The molecule has 2 aromatic carbocycles. The summed E-state index contributed by atoms with van der Waals surface area (Å²) in [6.07, 6.45) is 1.50. The molecular formula is C29H25N3O7. The number of nitro benzene ring substituents is 1. The van der Waals surface area contributed by atoms with E-state index in [1.807, 2.05) is 12.1 Å². The number of hydrogen-bond acceptors (Lipinski definition) is 9. The van der Waals surface area contributed by atoms with Crippen LogP contribution in [-0.2, 0) is 14.3 Å². The normalized spacial score (nSPS) is 19.4. The number of carbonyl (C=O) groups excluding carboxylic acids is 2. The average molecular weight is 528 g/mol. The average Bonchev–Trinajstić information content (AvgIpc) is 3.52. The van der Waals surface area contributed by atoms with E-state index in [-0.39, 0.29) is 23.8 Å². The number of carbonyl (C=O) groups is 2. The molecule has 198 valence electrons. The number of esters is 1. The van der Waals surface area contributed by atoms with Gasteiger partial charge in [-0.1, -0.05) is 24.3 Å². The Morgan fingerprint density at radius 1 is 1.13 bits per heavy atom. The molecule has 0 fully saturated rings. The first-order chi connectivity index (χ1) is 18.8. The van der Waals surface area contributed by atoms with Crippen molar-refractivity contribution >= 4 is 29.4 Å². The molecule has 1 N–H and O–H groups in total. The Hall–Kier alpha value is -4.99. The number of Topliss-reactive ketones (excluding diaryl/α,β-unsaturated/α-hetero) is 1. The minimum atomic E-state index is -0.780. The van der Waals surface area contributed by atoms with Gasteiger partial charge in [0.2, 0.25) is 0 Å². The van der Waals surface area contributed by atoms with Crippen LogP contribution in [0, 0.1) is 16.0 Å². The van der Waals surface area contributed by atoms with Crippen LogP contribution in [0.2, 0.25) is 0 Å². The summed E-state index contributed by atoms with van der Waals surface area (Å²) < 4.78 is 16.5. The van der Waals surface area contributed by atoms with E-state index in [1.165, 1.54) is 12.1 Å². The van der Waals surface area contributed by atoms with Crippen LogP contribution in [0.25, 0.3) is 17.4 Å². The number of methoxy groups -OCH3 is 1. The number of nitro groups is 1. The third-order valence-electron chi connectivity index (χ3n) is 6.68. The van der Waals surface area contributed by atoms with Crippen molar-refractivity contribution in [1.29, 1.82) is 0 Å². The van der Waals surface area contributed by atoms with E-state index in [1.54, 1.807) is 63.4 Å². The van der Waals surface area contributed by atoms with Crippen molar-refractivity contribution in [3.8, 4) is 17.1 Å². The van der Waals surface area contributed by atoms with Gasteiger partial charge in [-0.15, -0.1) is 0 Å². The summed E-state index contributed by atoms with van der Waals surface area (Å²) in [5.74, 6) is -0.547. The fraction of sp³-hybridized carbons (Fsp3) is 0.207. The van der Waals surface area contributed by atoms with Crippen LogP contribution < -0.4 is 10.1 Å². The SMILES string of the molecule is CCOC(=O)C1=C(C)NC2=N/C(=C\c3ccc(-c4ccccc4[N+](=O)[O-])o3)C(=O)C2C1c1ccc(OC)cc1. The number of fused-ring (bicyclic) bond motifs is 1. The van der Waals surface area contributed by atoms with Gasteiger partial charge in [-0.05, 0) is 49.7 Å². The third kappa shape index (κ3) is 4.72. The number of hydrogen-bond donors (Lipinski definition) is 1. The van der Waals surface area contributed by atoms with E-state index in [2.05, 4.69) is 10.3 Å². The lowest BCUT2D eigenvalue weighted by atomic mass is 9.75. The molecule has 0 bridgehead atoms. The molecule has 0 radical (unpaired) electrons. The van der Waals surface area contributed by atoms with Gasteiger partial charge in [0, 0.05) is 23.8 Å². The van der Waals surface area contributed by atoms with Crippen LogP contribution >= 0.6 is 0 Å². The van der Waals surface area contributed by atoms with Gasteiger partial charge in [0.15, 0.2) is 5.78 Å². The quantitative estimate of drug-likeness (QED) is 0.196. The fourth-order valence-electron chi connectivity index (χ4n) is 4.93. The van der Waals surface area contributed by atoms with Crippen molar-refractivity contribution in [3.63, 3.8) is 0 Å². The smallest absolute Gasteiger partial charge is 0.336 e.